The van der Waals surface area contributed by atoms with Crippen LogP contribution in [-0.4, -0.2) is 26.8 Å². The molecule has 0 bridgehead atoms. The molecule has 3 heterocycles. The molecule has 0 saturated carbocycles. The number of nitrogens with one attached hydrogen (secondary N) is 2. The predicted molar refractivity (Wildman–Crippen MR) is 101 cm³/mol. The number of hydrogen-bond acceptors (Lipinski definition) is 6. The van der Waals surface area contributed by atoms with E-state index in [0.717, 1.165) is 21.1 Å². The summed E-state index contributed by atoms with van der Waals surface area (Å²) in [6.45, 7) is 10.2. The molecule has 0 aromatic carbocycles. The van der Waals surface area contributed by atoms with Gasteiger partial charge in [-0.3, -0.25) is 9.89 Å². The Balaban J connectivity index is 1.93. The van der Waals surface area contributed by atoms with Crippen LogP contribution in [0.1, 0.15) is 72.9 Å². The minimum atomic E-state index is -0.629. The minimum Gasteiger partial charge on any atom is -0.387 e. The lowest BCUT2D eigenvalue weighted by Crippen LogP contribution is -2.42. The van der Waals surface area contributed by atoms with Gasteiger partial charge in [0.25, 0.3) is 5.91 Å². The normalized spacial score (nSPS) is 19.0. The average molecular weight is 378 g/mol. The molecule has 0 radical (unpaired) electrons. The standard InChI is InChI=1S/C18H26N4O3S/c1-9(23)12-6-10(21-22-12)8-20-16-13(15(19)24)11-7-17(2,3)25-18(4,5)14(11)26-16/h6,9,20,23H,7-8H2,1-5H3,(H2,19,24)(H,21,22). The van der Waals surface area contributed by atoms with Crippen molar-refractivity contribution in [3.8, 4) is 0 Å². The lowest BCUT2D eigenvalue weighted by molar-refractivity contribution is -0.135. The molecule has 8 heteroatoms. The van der Waals surface area contributed by atoms with E-state index in [4.69, 9.17) is 10.5 Å². The third-order valence-corrected chi connectivity index (χ3v) is 5.95. The summed E-state index contributed by atoms with van der Waals surface area (Å²) in [6, 6.07) is 1.80. The molecule has 0 aliphatic carbocycles. The summed E-state index contributed by atoms with van der Waals surface area (Å²) in [7, 11) is 0. The Morgan fingerprint density at radius 1 is 1.50 bits per heavy atom. The van der Waals surface area contributed by atoms with E-state index in [9.17, 15) is 9.90 Å². The highest BCUT2D eigenvalue weighted by molar-refractivity contribution is 7.16. The molecule has 1 unspecified atom stereocenters. The Kier molecular flexibility index (Phi) is 4.62. The Morgan fingerprint density at radius 3 is 2.77 bits per heavy atom. The minimum absolute atomic E-state index is 0.366. The highest BCUT2D eigenvalue weighted by atomic mass is 32.1. The van der Waals surface area contributed by atoms with E-state index < -0.39 is 17.6 Å². The summed E-state index contributed by atoms with van der Waals surface area (Å²) in [5.41, 5.74) is 7.77. The van der Waals surface area contributed by atoms with Gasteiger partial charge in [-0.25, -0.2) is 0 Å². The van der Waals surface area contributed by atoms with Crippen molar-refractivity contribution in [2.24, 2.45) is 5.73 Å². The quantitative estimate of drug-likeness (QED) is 0.639. The zero-order valence-corrected chi connectivity index (χ0v) is 16.6. The number of H-pyrrole nitrogens is 1. The summed E-state index contributed by atoms with van der Waals surface area (Å²) in [5, 5.41) is 20.6. The fourth-order valence-electron chi connectivity index (χ4n) is 3.56. The van der Waals surface area contributed by atoms with Crippen LogP contribution in [0.25, 0.3) is 0 Å². The van der Waals surface area contributed by atoms with Crippen molar-refractivity contribution in [3.05, 3.63) is 33.5 Å². The van der Waals surface area contributed by atoms with Gasteiger partial charge in [0.05, 0.1) is 40.8 Å². The van der Waals surface area contributed by atoms with Crippen molar-refractivity contribution in [1.29, 1.82) is 0 Å². The van der Waals surface area contributed by atoms with Crippen LogP contribution in [0.2, 0.25) is 0 Å². The van der Waals surface area contributed by atoms with Gasteiger partial charge in [0.1, 0.15) is 5.00 Å². The van der Waals surface area contributed by atoms with Gasteiger partial charge in [-0.05, 0) is 46.2 Å². The first-order valence-electron chi connectivity index (χ1n) is 8.62. The van der Waals surface area contributed by atoms with E-state index in [0.29, 0.717) is 24.2 Å². The molecule has 0 spiro atoms. The zero-order chi connectivity index (χ0) is 19.3. The van der Waals surface area contributed by atoms with Gasteiger partial charge in [-0.1, -0.05) is 0 Å². The summed E-state index contributed by atoms with van der Waals surface area (Å²) >= 11 is 1.51. The number of fused-ring (bicyclic) bond motifs is 1. The van der Waals surface area contributed by atoms with E-state index in [1.165, 1.54) is 11.3 Å². The summed E-state index contributed by atoms with van der Waals surface area (Å²) in [6.07, 6.45) is 0.00810. The monoisotopic (exact) mass is 378 g/mol. The second kappa shape index (κ2) is 6.37. The molecule has 7 nitrogen and oxygen atoms in total. The van der Waals surface area contributed by atoms with Crippen LogP contribution in [0.15, 0.2) is 6.07 Å². The Bertz CT molecular complexity index is 836. The number of nitrogens with two attached hydrogens (primary N) is 1. The van der Waals surface area contributed by atoms with Gasteiger partial charge in [0.2, 0.25) is 0 Å². The highest BCUT2D eigenvalue weighted by Gasteiger charge is 2.42. The first-order valence-corrected chi connectivity index (χ1v) is 9.44. The van der Waals surface area contributed by atoms with E-state index in [-0.39, 0.29) is 5.60 Å². The van der Waals surface area contributed by atoms with E-state index in [1.807, 2.05) is 27.7 Å². The fourth-order valence-corrected chi connectivity index (χ4v) is 4.82. The van der Waals surface area contributed by atoms with Gasteiger partial charge >= 0.3 is 0 Å². The predicted octanol–water partition coefficient (Wildman–Crippen LogP) is 2.82. The molecule has 1 atom stereocenters. The molecule has 1 amide bonds. The molecule has 3 rings (SSSR count). The van der Waals surface area contributed by atoms with Crippen LogP contribution < -0.4 is 11.1 Å². The lowest BCUT2D eigenvalue weighted by atomic mass is 9.86. The number of primary amides is 1. The Morgan fingerprint density at radius 2 is 2.19 bits per heavy atom. The van der Waals surface area contributed by atoms with E-state index >= 15 is 0 Å². The Hall–Kier alpha value is -1.90. The van der Waals surface area contributed by atoms with Crippen molar-refractivity contribution in [2.45, 2.75) is 64.9 Å². The van der Waals surface area contributed by atoms with Crippen LogP contribution in [0.3, 0.4) is 0 Å². The molecule has 142 valence electrons. The maximum atomic E-state index is 12.2. The van der Waals surface area contributed by atoms with Gasteiger partial charge in [-0.15, -0.1) is 11.3 Å². The molecule has 5 N–H and O–H groups in total. The van der Waals surface area contributed by atoms with Crippen molar-refractivity contribution in [1.82, 2.24) is 10.2 Å². The fraction of sp³-hybridized carbons (Fsp3) is 0.556. The number of aromatic nitrogens is 2. The smallest absolute Gasteiger partial charge is 0.251 e. The van der Waals surface area contributed by atoms with E-state index in [1.54, 1.807) is 13.0 Å². The number of nitrogens with zero attached hydrogens (tertiary/aromatic N) is 1. The van der Waals surface area contributed by atoms with Crippen LogP contribution in [0, 0.1) is 0 Å². The first kappa shape index (κ1) is 18.9. The van der Waals surface area contributed by atoms with Crippen LogP contribution >= 0.6 is 11.3 Å². The van der Waals surface area contributed by atoms with Crippen LogP contribution in [0.4, 0.5) is 5.00 Å². The van der Waals surface area contributed by atoms with Crippen LogP contribution in [0.5, 0.6) is 0 Å². The number of anilines is 1. The molecule has 2 aromatic rings. The third-order valence-electron chi connectivity index (χ3n) is 4.45. The number of hydrogen-bond donors (Lipinski definition) is 4. The van der Waals surface area contributed by atoms with Gasteiger partial charge < -0.3 is 20.9 Å². The highest BCUT2D eigenvalue weighted by Crippen LogP contribution is 2.48. The maximum absolute atomic E-state index is 12.2. The topological polar surface area (TPSA) is 113 Å². The molecule has 26 heavy (non-hydrogen) atoms. The van der Waals surface area contributed by atoms with Crippen LogP contribution in [-0.2, 0) is 23.3 Å². The van der Waals surface area contributed by atoms with Crippen molar-refractivity contribution in [3.63, 3.8) is 0 Å². The Labute approximate surface area is 156 Å². The van der Waals surface area contributed by atoms with Crippen molar-refractivity contribution < 1.29 is 14.6 Å². The number of carbonyl (C=O) groups is 1. The number of carbonyl (C=O) groups excluding carboxylic acids is 1. The summed E-state index contributed by atoms with van der Waals surface area (Å²) in [4.78, 5) is 13.2. The maximum Gasteiger partial charge on any atom is 0.251 e. The SMILES string of the molecule is CC(O)c1cc(CNc2sc3c(c2C(N)=O)CC(C)(C)OC3(C)C)[nH]n1. The van der Waals surface area contributed by atoms with E-state index in [2.05, 4.69) is 15.5 Å². The number of rotatable bonds is 5. The largest absolute Gasteiger partial charge is 0.387 e. The second-order valence-corrected chi connectivity index (χ2v) is 8.90. The molecule has 1 aliphatic heterocycles. The lowest BCUT2D eigenvalue weighted by Gasteiger charge is -2.41. The van der Waals surface area contributed by atoms with Crippen molar-refractivity contribution in [2.75, 3.05) is 5.32 Å². The molecule has 0 fully saturated rings. The van der Waals surface area contributed by atoms with Crippen molar-refractivity contribution >= 4 is 22.2 Å². The zero-order valence-electron chi connectivity index (χ0n) is 15.8. The molecule has 2 aromatic heterocycles. The molecule has 1 aliphatic rings. The number of ether oxygens (including phenoxy) is 1. The number of thiophene rings is 1. The summed E-state index contributed by atoms with van der Waals surface area (Å²) in [5.74, 6) is -0.437. The molecular formula is C18H26N4O3S. The first-order chi connectivity index (χ1) is 12.0. The third kappa shape index (κ3) is 3.49. The average Bonchev–Trinajstić information content (AvgIpc) is 3.07. The molecular weight excluding hydrogens is 352 g/mol. The van der Waals surface area contributed by atoms with Gasteiger partial charge in [0.15, 0.2) is 0 Å². The number of aliphatic hydroxyl groups excluding tert-OH is 1. The molecule has 0 saturated heterocycles. The number of amides is 1. The number of aromatic amines is 1. The second-order valence-electron chi connectivity index (χ2n) is 7.87. The number of aliphatic hydroxyl groups is 1. The van der Waals surface area contributed by atoms with Gasteiger partial charge in [-0.2, -0.15) is 5.10 Å². The summed E-state index contributed by atoms with van der Waals surface area (Å²) < 4.78 is 6.21. The van der Waals surface area contributed by atoms with Gasteiger partial charge in [0, 0.05) is 11.3 Å².